The van der Waals surface area contributed by atoms with Gasteiger partial charge in [-0.25, -0.2) is 0 Å². The van der Waals surface area contributed by atoms with Crippen LogP contribution in [-0.4, -0.2) is 44.6 Å². The van der Waals surface area contributed by atoms with E-state index in [0.717, 1.165) is 42.0 Å². The summed E-state index contributed by atoms with van der Waals surface area (Å²) in [5, 5.41) is 9.70. The fourth-order valence-electron chi connectivity index (χ4n) is 2.06. The van der Waals surface area contributed by atoms with Crippen molar-refractivity contribution >= 4 is 21.6 Å². The average Bonchev–Trinajstić information content (AvgIpc) is 2.45. The van der Waals surface area contributed by atoms with E-state index in [1.807, 2.05) is 32.0 Å². The van der Waals surface area contributed by atoms with Crippen LogP contribution in [0.2, 0.25) is 0 Å². The maximum Gasteiger partial charge on any atom is 0.0772 e. The molecule has 0 aliphatic carbocycles. The number of aliphatic hydroxyl groups excluding tert-OH is 1. The predicted molar refractivity (Wildman–Crippen MR) is 90.0 cm³/mol. The zero-order valence-corrected chi connectivity index (χ0v) is 14.7. The monoisotopic (exact) mass is 359 g/mol. The molecule has 120 valence electrons. The molecule has 0 aliphatic rings. The maximum absolute atomic E-state index is 9.70. The SMILES string of the molecule is CCOCCN(CCOCC)c1ccc(C(C)O)c(Br)c1. The Morgan fingerprint density at radius 1 is 1.14 bits per heavy atom. The molecule has 1 aromatic rings. The molecule has 1 atom stereocenters. The second-order valence-corrected chi connectivity index (χ2v) is 5.62. The van der Waals surface area contributed by atoms with Gasteiger partial charge in [-0.2, -0.15) is 0 Å². The molecule has 0 heterocycles. The average molecular weight is 360 g/mol. The predicted octanol–water partition coefficient (Wildman–Crippen LogP) is 3.38. The Morgan fingerprint density at radius 2 is 1.71 bits per heavy atom. The van der Waals surface area contributed by atoms with Gasteiger partial charge in [0.1, 0.15) is 0 Å². The highest BCUT2D eigenvalue weighted by Crippen LogP contribution is 2.28. The number of anilines is 1. The number of hydrogen-bond donors (Lipinski definition) is 1. The lowest BCUT2D eigenvalue weighted by molar-refractivity contribution is 0.141. The molecule has 0 bridgehead atoms. The summed E-state index contributed by atoms with van der Waals surface area (Å²) in [7, 11) is 0. The summed E-state index contributed by atoms with van der Waals surface area (Å²) in [6.45, 7) is 10.2. The van der Waals surface area contributed by atoms with Crippen LogP contribution in [0.3, 0.4) is 0 Å². The second-order valence-electron chi connectivity index (χ2n) is 4.76. The smallest absolute Gasteiger partial charge is 0.0772 e. The Labute approximate surface area is 136 Å². The van der Waals surface area contributed by atoms with Crippen LogP contribution in [0.15, 0.2) is 22.7 Å². The first-order valence-electron chi connectivity index (χ1n) is 7.48. The highest BCUT2D eigenvalue weighted by molar-refractivity contribution is 9.10. The molecule has 21 heavy (non-hydrogen) atoms. The normalized spacial score (nSPS) is 12.4. The lowest BCUT2D eigenvalue weighted by atomic mass is 10.1. The zero-order chi connectivity index (χ0) is 15.7. The van der Waals surface area contributed by atoms with Crippen LogP contribution in [0, 0.1) is 0 Å². The summed E-state index contributed by atoms with van der Waals surface area (Å²) in [6.07, 6.45) is -0.478. The minimum atomic E-state index is -0.478. The van der Waals surface area contributed by atoms with Crippen LogP contribution in [0.1, 0.15) is 32.4 Å². The number of nitrogens with zero attached hydrogens (tertiary/aromatic N) is 1. The van der Waals surface area contributed by atoms with Gasteiger partial charge in [-0.05, 0) is 38.5 Å². The highest BCUT2D eigenvalue weighted by Gasteiger charge is 2.11. The molecule has 0 saturated heterocycles. The third-order valence-corrected chi connectivity index (χ3v) is 3.91. The fraction of sp³-hybridized carbons (Fsp3) is 0.625. The van der Waals surface area contributed by atoms with E-state index in [9.17, 15) is 5.11 Å². The van der Waals surface area contributed by atoms with Gasteiger partial charge in [0, 0.05) is 36.5 Å². The van der Waals surface area contributed by atoms with Gasteiger partial charge in [0.05, 0.1) is 19.3 Å². The molecule has 5 heteroatoms. The molecule has 0 spiro atoms. The Kier molecular flexibility index (Phi) is 8.92. The van der Waals surface area contributed by atoms with Crippen molar-refractivity contribution in [1.82, 2.24) is 0 Å². The molecule has 4 nitrogen and oxygen atoms in total. The number of hydrogen-bond acceptors (Lipinski definition) is 4. The molecular weight excluding hydrogens is 334 g/mol. The standard InChI is InChI=1S/C16H26BrNO3/c1-4-20-10-8-18(9-11-21-5-2)14-6-7-15(13(3)19)16(17)12-14/h6-7,12-13,19H,4-5,8-11H2,1-3H3. The Balaban J connectivity index is 2.77. The van der Waals surface area contributed by atoms with Crippen LogP contribution in [0.25, 0.3) is 0 Å². The third kappa shape index (κ3) is 6.34. The first-order valence-corrected chi connectivity index (χ1v) is 8.27. The van der Waals surface area contributed by atoms with Crippen molar-refractivity contribution < 1.29 is 14.6 Å². The summed E-state index contributed by atoms with van der Waals surface area (Å²) in [5.41, 5.74) is 2.00. The van der Waals surface area contributed by atoms with E-state index >= 15 is 0 Å². The van der Waals surface area contributed by atoms with Crippen molar-refractivity contribution in [1.29, 1.82) is 0 Å². The third-order valence-electron chi connectivity index (χ3n) is 3.22. The topological polar surface area (TPSA) is 41.9 Å². The summed E-state index contributed by atoms with van der Waals surface area (Å²) in [6, 6.07) is 6.03. The molecular formula is C16H26BrNO3. The van der Waals surface area contributed by atoms with Gasteiger partial charge in [0.25, 0.3) is 0 Å². The van der Waals surface area contributed by atoms with Crippen LogP contribution >= 0.6 is 15.9 Å². The first kappa shape index (κ1) is 18.4. The molecule has 0 amide bonds. The number of ether oxygens (including phenoxy) is 2. The van der Waals surface area contributed by atoms with Gasteiger partial charge in [-0.15, -0.1) is 0 Å². The van der Waals surface area contributed by atoms with E-state index in [-0.39, 0.29) is 0 Å². The lowest BCUT2D eigenvalue weighted by Gasteiger charge is -2.25. The summed E-state index contributed by atoms with van der Waals surface area (Å²) in [4.78, 5) is 2.24. The van der Waals surface area contributed by atoms with Crippen LogP contribution in [0.5, 0.6) is 0 Å². The van der Waals surface area contributed by atoms with Crippen LogP contribution in [0.4, 0.5) is 5.69 Å². The first-order chi connectivity index (χ1) is 10.1. The second kappa shape index (κ2) is 10.2. The molecule has 0 aromatic heterocycles. The van der Waals surface area contributed by atoms with Crippen molar-refractivity contribution in [2.24, 2.45) is 0 Å². The molecule has 1 N–H and O–H groups in total. The van der Waals surface area contributed by atoms with Crippen LogP contribution in [-0.2, 0) is 9.47 Å². The van der Waals surface area contributed by atoms with Crippen molar-refractivity contribution in [3.63, 3.8) is 0 Å². The Bertz CT molecular complexity index is 403. The molecule has 0 radical (unpaired) electrons. The van der Waals surface area contributed by atoms with Gasteiger partial charge < -0.3 is 19.5 Å². The van der Waals surface area contributed by atoms with Gasteiger partial charge in [-0.3, -0.25) is 0 Å². The zero-order valence-electron chi connectivity index (χ0n) is 13.1. The van der Waals surface area contributed by atoms with Gasteiger partial charge >= 0.3 is 0 Å². The lowest BCUT2D eigenvalue weighted by Crippen LogP contribution is -2.31. The summed E-state index contributed by atoms with van der Waals surface area (Å²) in [5.74, 6) is 0. The molecule has 0 fully saturated rings. The van der Waals surface area contributed by atoms with Crippen molar-refractivity contribution in [2.45, 2.75) is 26.9 Å². The van der Waals surface area contributed by atoms with E-state index in [0.29, 0.717) is 13.2 Å². The van der Waals surface area contributed by atoms with Crippen molar-refractivity contribution in [3.8, 4) is 0 Å². The molecule has 1 aromatic carbocycles. The van der Waals surface area contributed by atoms with E-state index in [4.69, 9.17) is 9.47 Å². The molecule has 1 unspecified atom stereocenters. The van der Waals surface area contributed by atoms with E-state index in [1.54, 1.807) is 6.92 Å². The van der Waals surface area contributed by atoms with Crippen molar-refractivity contribution in [3.05, 3.63) is 28.2 Å². The maximum atomic E-state index is 9.70. The Hall–Kier alpha value is -0.620. The largest absolute Gasteiger partial charge is 0.389 e. The van der Waals surface area contributed by atoms with E-state index < -0.39 is 6.10 Å². The van der Waals surface area contributed by atoms with E-state index in [1.165, 1.54) is 0 Å². The molecule has 0 aliphatic heterocycles. The minimum Gasteiger partial charge on any atom is -0.389 e. The minimum absolute atomic E-state index is 0.478. The number of rotatable bonds is 10. The van der Waals surface area contributed by atoms with E-state index in [2.05, 4.69) is 20.8 Å². The Morgan fingerprint density at radius 3 is 2.14 bits per heavy atom. The van der Waals surface area contributed by atoms with Gasteiger partial charge in [0.15, 0.2) is 0 Å². The number of benzene rings is 1. The highest BCUT2D eigenvalue weighted by atomic mass is 79.9. The summed E-state index contributed by atoms with van der Waals surface area (Å²) < 4.78 is 11.8. The molecule has 0 saturated carbocycles. The molecule has 1 rings (SSSR count). The quantitative estimate of drug-likeness (QED) is 0.650. The fourth-order valence-corrected chi connectivity index (χ4v) is 2.76. The van der Waals surface area contributed by atoms with Crippen LogP contribution < -0.4 is 4.90 Å². The van der Waals surface area contributed by atoms with Crippen molar-refractivity contribution in [2.75, 3.05) is 44.4 Å². The van der Waals surface area contributed by atoms with Gasteiger partial charge in [-0.1, -0.05) is 22.0 Å². The number of halogens is 1. The number of aliphatic hydroxyl groups is 1. The van der Waals surface area contributed by atoms with Gasteiger partial charge in [0.2, 0.25) is 0 Å². The summed E-state index contributed by atoms with van der Waals surface area (Å²) >= 11 is 3.53.